The van der Waals surface area contributed by atoms with Gasteiger partial charge in [-0.15, -0.1) is 0 Å². The molecule has 3 nitrogen and oxygen atoms in total. The Morgan fingerprint density at radius 3 is 2.50 bits per heavy atom. The van der Waals surface area contributed by atoms with E-state index in [1.54, 1.807) is 0 Å². The molecular weight excluding hydrogens is 252 g/mol. The molecule has 0 aliphatic heterocycles. The molecule has 0 saturated heterocycles. The first-order chi connectivity index (χ1) is 9.44. The molecule has 2 atom stereocenters. The summed E-state index contributed by atoms with van der Waals surface area (Å²) >= 11 is 0. The summed E-state index contributed by atoms with van der Waals surface area (Å²) < 4.78 is 11.7. The first-order valence-electron chi connectivity index (χ1n) is 7.12. The van der Waals surface area contributed by atoms with E-state index < -0.39 is 6.10 Å². The average Bonchev–Trinajstić information content (AvgIpc) is 2.68. The Labute approximate surface area is 121 Å². The zero-order valence-electron chi connectivity index (χ0n) is 12.5. The molecule has 0 spiro atoms. The summed E-state index contributed by atoms with van der Waals surface area (Å²) in [5.41, 5.74) is 1.98. The molecule has 110 valence electrons. The van der Waals surface area contributed by atoms with E-state index in [9.17, 15) is 5.11 Å². The molecule has 0 aromatic heterocycles. The van der Waals surface area contributed by atoms with Crippen molar-refractivity contribution in [3.8, 4) is 0 Å². The van der Waals surface area contributed by atoms with E-state index in [4.69, 9.17) is 9.47 Å². The lowest BCUT2D eigenvalue weighted by Gasteiger charge is -2.26. The number of hydrogen-bond acceptors (Lipinski definition) is 3. The summed E-state index contributed by atoms with van der Waals surface area (Å²) in [5, 5.41) is 9.77. The predicted molar refractivity (Wildman–Crippen MR) is 79.4 cm³/mol. The minimum absolute atomic E-state index is 0.0410. The summed E-state index contributed by atoms with van der Waals surface area (Å²) in [5.74, 6) is 0. The second-order valence-electron chi connectivity index (χ2n) is 6.24. The van der Waals surface area contributed by atoms with Gasteiger partial charge in [-0.25, -0.2) is 0 Å². The number of rotatable bonds is 5. The molecule has 2 rings (SSSR count). The molecule has 1 aliphatic rings. The van der Waals surface area contributed by atoms with Gasteiger partial charge in [-0.1, -0.05) is 36.4 Å². The highest BCUT2D eigenvalue weighted by Gasteiger charge is 2.29. The van der Waals surface area contributed by atoms with E-state index in [2.05, 4.69) is 0 Å². The van der Waals surface area contributed by atoms with Crippen LogP contribution in [0.3, 0.4) is 0 Å². The number of benzene rings is 1. The molecule has 1 aromatic rings. The van der Waals surface area contributed by atoms with Crippen LogP contribution in [0.4, 0.5) is 0 Å². The van der Waals surface area contributed by atoms with Crippen LogP contribution in [-0.2, 0) is 16.1 Å². The van der Waals surface area contributed by atoms with Gasteiger partial charge in [0.05, 0.1) is 31.0 Å². The van der Waals surface area contributed by atoms with E-state index in [1.165, 1.54) is 0 Å². The van der Waals surface area contributed by atoms with Crippen LogP contribution in [0, 0.1) is 0 Å². The summed E-state index contributed by atoms with van der Waals surface area (Å²) in [6.07, 6.45) is 2.03. The van der Waals surface area contributed by atoms with Gasteiger partial charge in [0.1, 0.15) is 0 Å². The SMILES string of the molecule is CC(C)(C)O[C@@H]1C[C@H](O)C=C1COCc1ccccc1. The Morgan fingerprint density at radius 1 is 1.15 bits per heavy atom. The van der Waals surface area contributed by atoms with Gasteiger partial charge in [-0.3, -0.25) is 0 Å². The predicted octanol–water partition coefficient (Wildman–Crippen LogP) is 3.08. The van der Waals surface area contributed by atoms with E-state index in [1.807, 2.05) is 57.2 Å². The third-order valence-corrected chi connectivity index (χ3v) is 3.15. The number of ether oxygens (including phenoxy) is 2. The maximum absolute atomic E-state index is 9.77. The topological polar surface area (TPSA) is 38.7 Å². The van der Waals surface area contributed by atoms with Gasteiger partial charge in [0.2, 0.25) is 0 Å². The van der Waals surface area contributed by atoms with E-state index in [0.717, 1.165) is 11.1 Å². The van der Waals surface area contributed by atoms with Crippen LogP contribution >= 0.6 is 0 Å². The highest BCUT2D eigenvalue weighted by molar-refractivity contribution is 5.19. The molecule has 1 aromatic carbocycles. The molecule has 0 radical (unpaired) electrons. The lowest BCUT2D eigenvalue weighted by molar-refractivity contribution is -0.0540. The van der Waals surface area contributed by atoms with Crippen LogP contribution in [0.1, 0.15) is 32.8 Å². The fourth-order valence-electron chi connectivity index (χ4n) is 2.35. The Bertz CT molecular complexity index is 445. The molecule has 0 bridgehead atoms. The molecule has 0 saturated carbocycles. The molecular formula is C17H24O3. The van der Waals surface area contributed by atoms with Gasteiger partial charge < -0.3 is 14.6 Å². The minimum atomic E-state index is -0.419. The Morgan fingerprint density at radius 2 is 1.85 bits per heavy atom. The van der Waals surface area contributed by atoms with E-state index in [-0.39, 0.29) is 11.7 Å². The van der Waals surface area contributed by atoms with Crippen molar-refractivity contribution in [1.29, 1.82) is 0 Å². The van der Waals surface area contributed by atoms with Gasteiger partial charge >= 0.3 is 0 Å². The molecule has 1 aliphatic carbocycles. The molecule has 0 heterocycles. The fourth-order valence-corrected chi connectivity index (χ4v) is 2.35. The Kier molecular flexibility index (Phi) is 4.97. The number of aliphatic hydroxyl groups excluding tert-OH is 1. The molecule has 20 heavy (non-hydrogen) atoms. The summed E-state index contributed by atoms with van der Waals surface area (Å²) in [4.78, 5) is 0. The first-order valence-corrected chi connectivity index (χ1v) is 7.12. The normalized spacial score (nSPS) is 22.9. The van der Waals surface area contributed by atoms with Crippen molar-refractivity contribution in [1.82, 2.24) is 0 Å². The zero-order chi connectivity index (χ0) is 14.6. The third kappa shape index (κ3) is 4.75. The lowest BCUT2D eigenvalue weighted by atomic mass is 10.1. The van der Waals surface area contributed by atoms with Crippen LogP contribution in [0.15, 0.2) is 42.0 Å². The van der Waals surface area contributed by atoms with Gasteiger partial charge in [-0.2, -0.15) is 0 Å². The van der Waals surface area contributed by atoms with Gasteiger partial charge in [0, 0.05) is 6.42 Å². The minimum Gasteiger partial charge on any atom is -0.389 e. The highest BCUT2D eigenvalue weighted by Crippen LogP contribution is 2.27. The average molecular weight is 276 g/mol. The van der Waals surface area contributed by atoms with Crippen LogP contribution in [0.5, 0.6) is 0 Å². The van der Waals surface area contributed by atoms with Gasteiger partial charge in [0.25, 0.3) is 0 Å². The Balaban J connectivity index is 1.85. The third-order valence-electron chi connectivity index (χ3n) is 3.15. The monoisotopic (exact) mass is 276 g/mol. The zero-order valence-corrected chi connectivity index (χ0v) is 12.5. The molecule has 0 amide bonds. The van der Waals surface area contributed by atoms with Gasteiger partial charge in [0.15, 0.2) is 0 Å². The lowest BCUT2D eigenvalue weighted by Crippen LogP contribution is -2.29. The quantitative estimate of drug-likeness (QED) is 0.840. The number of aliphatic hydroxyl groups is 1. The van der Waals surface area contributed by atoms with Gasteiger partial charge in [-0.05, 0) is 31.9 Å². The molecule has 0 unspecified atom stereocenters. The molecule has 0 fully saturated rings. The first kappa shape index (κ1) is 15.2. The van der Waals surface area contributed by atoms with Crippen molar-refractivity contribution in [2.75, 3.05) is 6.61 Å². The van der Waals surface area contributed by atoms with Crippen LogP contribution < -0.4 is 0 Å². The maximum atomic E-state index is 9.77. The summed E-state index contributed by atoms with van der Waals surface area (Å²) in [7, 11) is 0. The van der Waals surface area contributed by atoms with Crippen molar-refractivity contribution < 1.29 is 14.6 Å². The second kappa shape index (κ2) is 6.53. The van der Waals surface area contributed by atoms with Crippen molar-refractivity contribution in [3.05, 3.63) is 47.5 Å². The smallest absolute Gasteiger partial charge is 0.0843 e. The molecule has 3 heteroatoms. The van der Waals surface area contributed by atoms with Crippen LogP contribution in [0.2, 0.25) is 0 Å². The van der Waals surface area contributed by atoms with Crippen LogP contribution in [0.25, 0.3) is 0 Å². The molecule has 1 N–H and O–H groups in total. The van der Waals surface area contributed by atoms with E-state index in [0.29, 0.717) is 19.6 Å². The van der Waals surface area contributed by atoms with Crippen molar-refractivity contribution in [2.24, 2.45) is 0 Å². The van der Waals surface area contributed by atoms with Crippen molar-refractivity contribution in [3.63, 3.8) is 0 Å². The Hall–Kier alpha value is -1.16. The second-order valence-corrected chi connectivity index (χ2v) is 6.24. The summed E-state index contributed by atoms with van der Waals surface area (Å²) in [6, 6.07) is 10.1. The maximum Gasteiger partial charge on any atom is 0.0843 e. The standard InChI is InChI=1S/C17H24O3/c1-17(2,3)20-16-10-15(18)9-14(16)12-19-11-13-7-5-4-6-8-13/h4-9,15-16,18H,10-12H2,1-3H3/t15-,16-/m1/s1. The van der Waals surface area contributed by atoms with Crippen molar-refractivity contribution >= 4 is 0 Å². The number of hydrogen-bond donors (Lipinski definition) is 1. The van der Waals surface area contributed by atoms with Crippen molar-refractivity contribution in [2.45, 2.75) is 51.6 Å². The fraction of sp³-hybridized carbons (Fsp3) is 0.529. The summed E-state index contributed by atoms with van der Waals surface area (Å²) in [6.45, 7) is 7.17. The highest BCUT2D eigenvalue weighted by atomic mass is 16.5. The largest absolute Gasteiger partial charge is 0.389 e. The van der Waals surface area contributed by atoms with E-state index >= 15 is 0 Å². The van der Waals surface area contributed by atoms with Crippen LogP contribution in [-0.4, -0.2) is 29.5 Å².